The first-order valence-corrected chi connectivity index (χ1v) is 9.84. The molecule has 3 aromatic rings. The number of hydrogen-bond donors (Lipinski definition) is 1. The maximum atomic E-state index is 12.9. The maximum absolute atomic E-state index is 12.9. The van der Waals surface area contributed by atoms with Crippen LogP contribution in [0.25, 0.3) is 11.4 Å². The molecule has 3 heterocycles. The summed E-state index contributed by atoms with van der Waals surface area (Å²) in [5, 5.41) is 7.39. The van der Waals surface area contributed by atoms with Gasteiger partial charge < -0.3 is 0 Å². The fourth-order valence-electron chi connectivity index (χ4n) is 3.15. The van der Waals surface area contributed by atoms with Crippen molar-refractivity contribution >= 4 is 39.5 Å². The number of amides is 1. The van der Waals surface area contributed by atoms with Gasteiger partial charge in [-0.25, -0.2) is 19.6 Å². The van der Waals surface area contributed by atoms with Crippen molar-refractivity contribution < 1.29 is 4.79 Å². The first kappa shape index (κ1) is 17.8. The number of thiazole rings is 1. The Morgan fingerprint density at radius 1 is 1.26 bits per heavy atom. The highest BCUT2D eigenvalue weighted by atomic mass is 35.5. The standard InChI is InChI=1S/C18H17ClN6OS/c19-15-9-22-18(27-15)24-17(26)14(7-12-3-1-2-4-12)13-5-6-16(21-8-13)25-11-20-10-23-25/h5-12H,1-4H2,(H,22,24,26)/b14-7+. The second kappa shape index (κ2) is 7.98. The third-order valence-corrected chi connectivity index (χ3v) is 5.49. The van der Waals surface area contributed by atoms with Gasteiger partial charge in [0.25, 0.3) is 5.91 Å². The van der Waals surface area contributed by atoms with E-state index in [-0.39, 0.29) is 5.91 Å². The molecule has 1 aliphatic rings. The lowest BCUT2D eigenvalue weighted by molar-refractivity contribution is -0.111. The molecule has 0 atom stereocenters. The molecule has 3 aromatic heterocycles. The predicted molar refractivity (Wildman–Crippen MR) is 105 cm³/mol. The van der Waals surface area contributed by atoms with Gasteiger partial charge in [-0.3, -0.25) is 10.1 Å². The first-order chi connectivity index (χ1) is 13.2. The molecule has 0 saturated heterocycles. The summed E-state index contributed by atoms with van der Waals surface area (Å²) in [5.41, 5.74) is 1.36. The summed E-state index contributed by atoms with van der Waals surface area (Å²) < 4.78 is 2.10. The zero-order chi connectivity index (χ0) is 18.6. The summed E-state index contributed by atoms with van der Waals surface area (Å²) in [4.78, 5) is 25.4. The molecular formula is C18H17ClN6OS. The van der Waals surface area contributed by atoms with Gasteiger partial charge >= 0.3 is 0 Å². The number of allylic oxidation sites excluding steroid dienone is 1. The average Bonchev–Trinajstić information content (AvgIpc) is 3.43. The van der Waals surface area contributed by atoms with Crippen molar-refractivity contribution in [3.63, 3.8) is 0 Å². The number of nitrogens with one attached hydrogen (secondary N) is 1. The molecule has 1 fully saturated rings. The first-order valence-electron chi connectivity index (χ1n) is 8.65. The molecule has 0 radical (unpaired) electrons. The second-order valence-electron chi connectivity index (χ2n) is 6.29. The number of aromatic nitrogens is 5. The van der Waals surface area contributed by atoms with Crippen LogP contribution >= 0.6 is 22.9 Å². The molecule has 0 aliphatic heterocycles. The minimum atomic E-state index is -0.205. The Morgan fingerprint density at radius 2 is 2.11 bits per heavy atom. The highest BCUT2D eigenvalue weighted by Gasteiger charge is 2.19. The molecule has 0 bridgehead atoms. The third-order valence-electron chi connectivity index (χ3n) is 4.46. The van der Waals surface area contributed by atoms with Crippen molar-refractivity contribution in [2.45, 2.75) is 25.7 Å². The van der Waals surface area contributed by atoms with Crippen LogP contribution in [0.2, 0.25) is 4.34 Å². The Labute approximate surface area is 165 Å². The Balaban J connectivity index is 1.62. The van der Waals surface area contributed by atoms with Gasteiger partial charge in [-0.1, -0.05) is 41.9 Å². The van der Waals surface area contributed by atoms with E-state index in [2.05, 4.69) is 31.4 Å². The lowest BCUT2D eigenvalue weighted by Gasteiger charge is -2.11. The fourth-order valence-corrected chi connectivity index (χ4v) is 3.95. The highest BCUT2D eigenvalue weighted by Crippen LogP contribution is 2.30. The maximum Gasteiger partial charge on any atom is 0.257 e. The van der Waals surface area contributed by atoms with Gasteiger partial charge in [0.15, 0.2) is 10.9 Å². The van der Waals surface area contributed by atoms with E-state index in [4.69, 9.17) is 11.6 Å². The Bertz CT molecular complexity index is 945. The van der Waals surface area contributed by atoms with Gasteiger partial charge in [-0.15, -0.1) is 0 Å². The number of nitrogens with zero attached hydrogens (tertiary/aromatic N) is 5. The molecule has 0 aromatic carbocycles. The number of rotatable bonds is 5. The summed E-state index contributed by atoms with van der Waals surface area (Å²) in [7, 11) is 0. The Kier molecular flexibility index (Phi) is 5.26. The third kappa shape index (κ3) is 4.23. The molecule has 4 rings (SSSR count). The minimum Gasteiger partial charge on any atom is -0.298 e. The van der Waals surface area contributed by atoms with Crippen LogP contribution in [-0.2, 0) is 4.79 Å². The SMILES string of the molecule is O=C(Nc1ncc(Cl)s1)/C(=C/C1CCCC1)c1ccc(-n2cncn2)nc1. The van der Waals surface area contributed by atoms with E-state index in [1.165, 1.54) is 36.7 Å². The van der Waals surface area contributed by atoms with Crippen LogP contribution in [0.15, 0.2) is 43.3 Å². The molecule has 1 amide bonds. The zero-order valence-electron chi connectivity index (χ0n) is 14.4. The summed E-state index contributed by atoms with van der Waals surface area (Å²) in [5.74, 6) is 0.840. The van der Waals surface area contributed by atoms with E-state index in [0.29, 0.717) is 26.8 Å². The molecule has 9 heteroatoms. The monoisotopic (exact) mass is 400 g/mol. The van der Waals surface area contributed by atoms with Crippen molar-refractivity contribution in [2.75, 3.05) is 5.32 Å². The van der Waals surface area contributed by atoms with Gasteiger partial charge in [-0.2, -0.15) is 5.10 Å². The van der Waals surface area contributed by atoms with Gasteiger partial charge in [0.05, 0.1) is 6.20 Å². The van der Waals surface area contributed by atoms with E-state index >= 15 is 0 Å². The molecule has 1 saturated carbocycles. The number of pyridine rings is 1. The molecule has 0 unspecified atom stereocenters. The molecule has 1 N–H and O–H groups in total. The largest absolute Gasteiger partial charge is 0.298 e. The van der Waals surface area contributed by atoms with Crippen molar-refractivity contribution in [1.29, 1.82) is 0 Å². The molecule has 0 spiro atoms. The van der Waals surface area contributed by atoms with Crippen LogP contribution in [0.1, 0.15) is 31.2 Å². The minimum absolute atomic E-state index is 0.205. The molecule has 1 aliphatic carbocycles. The Hall–Kier alpha value is -2.58. The normalized spacial score (nSPS) is 15.2. The summed E-state index contributed by atoms with van der Waals surface area (Å²) in [6.07, 6.45) is 12.9. The van der Waals surface area contributed by atoms with Crippen LogP contribution in [-0.4, -0.2) is 30.6 Å². The number of anilines is 1. The smallest absolute Gasteiger partial charge is 0.257 e. The topological polar surface area (TPSA) is 85.6 Å². The van der Waals surface area contributed by atoms with Crippen molar-refractivity contribution in [2.24, 2.45) is 5.92 Å². The average molecular weight is 401 g/mol. The van der Waals surface area contributed by atoms with Crippen molar-refractivity contribution in [3.8, 4) is 5.82 Å². The lowest BCUT2D eigenvalue weighted by atomic mass is 9.99. The van der Waals surface area contributed by atoms with Crippen LogP contribution in [0.3, 0.4) is 0 Å². The number of halogens is 1. The fraction of sp³-hybridized carbons (Fsp3) is 0.278. The van der Waals surface area contributed by atoms with Gasteiger partial charge in [0.1, 0.15) is 17.0 Å². The zero-order valence-corrected chi connectivity index (χ0v) is 16.0. The van der Waals surface area contributed by atoms with Crippen molar-refractivity contribution in [1.82, 2.24) is 24.7 Å². The van der Waals surface area contributed by atoms with Gasteiger partial charge in [0, 0.05) is 17.3 Å². The van der Waals surface area contributed by atoms with Crippen molar-refractivity contribution in [3.05, 3.63) is 53.2 Å². The molecule has 138 valence electrons. The van der Waals surface area contributed by atoms with E-state index in [9.17, 15) is 4.79 Å². The van der Waals surface area contributed by atoms with Crippen LogP contribution < -0.4 is 5.32 Å². The van der Waals surface area contributed by atoms with Crippen LogP contribution in [0.4, 0.5) is 5.13 Å². The van der Waals surface area contributed by atoms with E-state index in [1.807, 2.05) is 12.1 Å². The number of hydrogen-bond acceptors (Lipinski definition) is 6. The molecule has 27 heavy (non-hydrogen) atoms. The number of carbonyl (C=O) groups excluding carboxylic acids is 1. The lowest BCUT2D eigenvalue weighted by Crippen LogP contribution is -2.15. The van der Waals surface area contributed by atoms with Crippen LogP contribution in [0.5, 0.6) is 0 Å². The van der Waals surface area contributed by atoms with E-state index < -0.39 is 0 Å². The summed E-state index contributed by atoms with van der Waals surface area (Å²) >= 11 is 7.14. The molecular weight excluding hydrogens is 384 g/mol. The van der Waals surface area contributed by atoms with Crippen LogP contribution in [0, 0.1) is 5.92 Å². The summed E-state index contributed by atoms with van der Waals surface area (Å²) in [6.45, 7) is 0. The number of carbonyl (C=O) groups is 1. The molecule has 7 nitrogen and oxygen atoms in total. The van der Waals surface area contributed by atoms with E-state index in [1.54, 1.807) is 17.2 Å². The Morgan fingerprint density at radius 3 is 2.74 bits per heavy atom. The highest BCUT2D eigenvalue weighted by molar-refractivity contribution is 7.19. The van der Waals surface area contributed by atoms with Gasteiger partial charge in [-0.05, 0) is 30.9 Å². The second-order valence-corrected chi connectivity index (χ2v) is 7.96. The van der Waals surface area contributed by atoms with E-state index in [0.717, 1.165) is 18.4 Å². The predicted octanol–water partition coefficient (Wildman–Crippen LogP) is 3.98. The summed E-state index contributed by atoms with van der Waals surface area (Å²) in [6, 6.07) is 3.69. The van der Waals surface area contributed by atoms with Gasteiger partial charge in [0.2, 0.25) is 0 Å². The quantitative estimate of drug-likeness (QED) is 0.654.